The van der Waals surface area contributed by atoms with Crippen LogP contribution >= 0.6 is 0 Å². The van der Waals surface area contributed by atoms with Crippen LogP contribution in [0, 0.1) is 11.3 Å². The van der Waals surface area contributed by atoms with Gasteiger partial charge in [-0.05, 0) is 51.3 Å². The van der Waals surface area contributed by atoms with E-state index in [1.54, 1.807) is 49.9 Å². The van der Waals surface area contributed by atoms with E-state index >= 15 is 0 Å². The molecule has 1 aromatic rings. The normalized spacial score (nSPS) is 17.4. The second kappa shape index (κ2) is 9.96. The summed E-state index contributed by atoms with van der Waals surface area (Å²) >= 11 is 0. The Kier molecular flexibility index (Phi) is 7.64. The number of carboxylic acid groups (broad SMARTS) is 1. The first kappa shape index (κ1) is 23.0. The second-order valence-corrected chi connectivity index (χ2v) is 8.29. The summed E-state index contributed by atoms with van der Waals surface area (Å²) in [5.41, 5.74) is 0.459. The molecule has 1 heterocycles. The zero-order chi connectivity index (χ0) is 22.3. The Morgan fingerprint density at radius 1 is 1.37 bits per heavy atom. The molecule has 1 saturated heterocycles. The third-order valence-electron chi connectivity index (χ3n) is 4.55. The van der Waals surface area contributed by atoms with Crippen LogP contribution in [0.3, 0.4) is 0 Å². The van der Waals surface area contributed by atoms with Crippen LogP contribution in [0.25, 0.3) is 0 Å². The Balaban J connectivity index is 2.18. The van der Waals surface area contributed by atoms with Gasteiger partial charge in [-0.3, -0.25) is 4.79 Å². The van der Waals surface area contributed by atoms with Gasteiger partial charge in [-0.2, -0.15) is 5.26 Å². The van der Waals surface area contributed by atoms with Crippen LogP contribution in [-0.2, 0) is 16.0 Å². The standard InChI is InChI=1S/C21H28N4O5/c1-21(2,3)30-20(29)24-17(11-14-6-4-7-15(10-14)12-22)18(26)25-9-5-8-16(13-25)23-19(27)28/h4,6-7,10,16-17,23H,5,8-9,11,13H2,1-3H3,(H,24,29)(H,27,28)/t16-,17?/m0/s1. The molecule has 0 spiro atoms. The second-order valence-electron chi connectivity index (χ2n) is 8.29. The van der Waals surface area contributed by atoms with Gasteiger partial charge in [0.05, 0.1) is 11.6 Å². The van der Waals surface area contributed by atoms with Crippen molar-refractivity contribution in [3.63, 3.8) is 0 Å². The molecule has 1 fully saturated rings. The van der Waals surface area contributed by atoms with Crippen molar-refractivity contribution >= 4 is 18.1 Å². The van der Waals surface area contributed by atoms with Gasteiger partial charge in [-0.1, -0.05) is 12.1 Å². The summed E-state index contributed by atoms with van der Waals surface area (Å²) in [5, 5.41) is 23.1. The average molecular weight is 416 g/mol. The van der Waals surface area contributed by atoms with E-state index in [0.29, 0.717) is 24.9 Å². The van der Waals surface area contributed by atoms with Crippen molar-refractivity contribution < 1.29 is 24.2 Å². The number of nitrogens with zero attached hydrogens (tertiary/aromatic N) is 2. The van der Waals surface area contributed by atoms with E-state index in [1.807, 2.05) is 0 Å². The fourth-order valence-electron chi connectivity index (χ4n) is 3.34. The third kappa shape index (κ3) is 7.28. The smallest absolute Gasteiger partial charge is 0.408 e. The van der Waals surface area contributed by atoms with Gasteiger partial charge in [0, 0.05) is 25.6 Å². The Bertz CT molecular complexity index is 827. The largest absolute Gasteiger partial charge is 0.465 e. The number of alkyl carbamates (subject to hydrolysis) is 1. The minimum atomic E-state index is -1.13. The van der Waals surface area contributed by atoms with E-state index in [-0.39, 0.29) is 24.9 Å². The summed E-state index contributed by atoms with van der Waals surface area (Å²) in [6.07, 6.45) is -0.369. The summed E-state index contributed by atoms with van der Waals surface area (Å²) in [6.45, 7) is 5.89. The van der Waals surface area contributed by atoms with Gasteiger partial charge in [0.1, 0.15) is 11.6 Å². The Labute approximate surface area is 176 Å². The SMILES string of the molecule is CC(C)(C)OC(=O)NC(Cc1cccc(C#N)c1)C(=O)N1CCC[C@H](NC(=O)O)C1. The number of piperidine rings is 1. The number of carbonyl (C=O) groups excluding carboxylic acids is 2. The molecule has 0 aromatic heterocycles. The quantitative estimate of drug-likeness (QED) is 0.674. The maximum absolute atomic E-state index is 13.2. The van der Waals surface area contributed by atoms with Crippen molar-refractivity contribution in [3.05, 3.63) is 35.4 Å². The Morgan fingerprint density at radius 2 is 2.10 bits per heavy atom. The zero-order valence-electron chi connectivity index (χ0n) is 17.5. The lowest BCUT2D eigenvalue weighted by Crippen LogP contribution is -2.56. The number of rotatable bonds is 5. The van der Waals surface area contributed by atoms with Crippen LogP contribution < -0.4 is 10.6 Å². The highest BCUT2D eigenvalue weighted by molar-refractivity contribution is 5.86. The molecule has 2 atom stereocenters. The number of amides is 3. The molecule has 9 nitrogen and oxygen atoms in total. The lowest BCUT2D eigenvalue weighted by atomic mass is 10.0. The third-order valence-corrected chi connectivity index (χ3v) is 4.55. The summed E-state index contributed by atoms with van der Waals surface area (Å²) in [4.78, 5) is 38.0. The molecule has 162 valence electrons. The van der Waals surface area contributed by atoms with Crippen molar-refractivity contribution in [2.45, 2.75) is 57.7 Å². The Hall–Kier alpha value is -3.28. The van der Waals surface area contributed by atoms with Crippen molar-refractivity contribution in [1.29, 1.82) is 5.26 Å². The molecular formula is C21H28N4O5. The van der Waals surface area contributed by atoms with Crippen molar-refractivity contribution in [2.75, 3.05) is 13.1 Å². The van der Waals surface area contributed by atoms with Gasteiger partial charge < -0.3 is 25.4 Å². The zero-order valence-corrected chi connectivity index (χ0v) is 17.5. The van der Waals surface area contributed by atoms with Crippen molar-refractivity contribution in [2.24, 2.45) is 0 Å². The number of benzene rings is 1. The summed E-state index contributed by atoms with van der Waals surface area (Å²) in [7, 11) is 0. The maximum atomic E-state index is 13.2. The van der Waals surface area contributed by atoms with Crippen LogP contribution in [0.1, 0.15) is 44.7 Å². The van der Waals surface area contributed by atoms with E-state index in [4.69, 9.17) is 15.1 Å². The topological polar surface area (TPSA) is 132 Å². The van der Waals surface area contributed by atoms with Gasteiger partial charge in [0.15, 0.2) is 0 Å². The van der Waals surface area contributed by atoms with E-state index in [2.05, 4.69) is 16.7 Å². The van der Waals surface area contributed by atoms with Gasteiger partial charge in [-0.15, -0.1) is 0 Å². The molecule has 1 aliphatic rings. The summed E-state index contributed by atoms with van der Waals surface area (Å²) < 4.78 is 5.30. The van der Waals surface area contributed by atoms with Gasteiger partial charge in [0.2, 0.25) is 5.91 Å². The summed E-state index contributed by atoms with van der Waals surface area (Å²) in [6, 6.07) is 7.62. The van der Waals surface area contributed by atoms with Crippen LogP contribution in [0.2, 0.25) is 0 Å². The number of ether oxygens (including phenoxy) is 1. The molecule has 1 unspecified atom stereocenters. The number of hydrogen-bond acceptors (Lipinski definition) is 5. The van der Waals surface area contributed by atoms with Crippen molar-refractivity contribution in [3.8, 4) is 6.07 Å². The first-order valence-electron chi connectivity index (χ1n) is 9.84. The van der Waals surface area contributed by atoms with Crippen LogP contribution in [-0.4, -0.2) is 58.9 Å². The first-order valence-corrected chi connectivity index (χ1v) is 9.84. The molecule has 30 heavy (non-hydrogen) atoms. The van der Waals surface area contributed by atoms with Crippen LogP contribution in [0.15, 0.2) is 24.3 Å². The highest BCUT2D eigenvalue weighted by Crippen LogP contribution is 2.15. The number of hydrogen-bond donors (Lipinski definition) is 3. The number of nitrogens with one attached hydrogen (secondary N) is 2. The summed E-state index contributed by atoms with van der Waals surface area (Å²) in [5.74, 6) is -0.319. The number of likely N-dealkylation sites (tertiary alicyclic amines) is 1. The number of nitriles is 1. The molecule has 9 heteroatoms. The van der Waals surface area contributed by atoms with E-state index in [0.717, 1.165) is 5.56 Å². The molecule has 1 aliphatic heterocycles. The van der Waals surface area contributed by atoms with Gasteiger partial charge >= 0.3 is 12.2 Å². The molecular weight excluding hydrogens is 388 g/mol. The van der Waals surface area contributed by atoms with E-state index < -0.39 is 23.8 Å². The van der Waals surface area contributed by atoms with Gasteiger partial charge in [-0.25, -0.2) is 9.59 Å². The molecule has 0 saturated carbocycles. The Morgan fingerprint density at radius 3 is 2.73 bits per heavy atom. The number of carbonyl (C=O) groups is 3. The predicted molar refractivity (Wildman–Crippen MR) is 109 cm³/mol. The van der Waals surface area contributed by atoms with Gasteiger partial charge in [0.25, 0.3) is 0 Å². The first-order chi connectivity index (χ1) is 14.1. The predicted octanol–water partition coefficient (Wildman–Crippen LogP) is 2.25. The lowest BCUT2D eigenvalue weighted by molar-refractivity contribution is -0.134. The van der Waals surface area contributed by atoms with Crippen LogP contribution in [0.4, 0.5) is 9.59 Å². The fourth-order valence-corrected chi connectivity index (χ4v) is 3.34. The van der Waals surface area contributed by atoms with E-state index in [1.165, 1.54) is 0 Å². The highest BCUT2D eigenvalue weighted by Gasteiger charge is 2.31. The van der Waals surface area contributed by atoms with Crippen LogP contribution in [0.5, 0.6) is 0 Å². The van der Waals surface area contributed by atoms with E-state index in [9.17, 15) is 14.4 Å². The molecule has 2 rings (SSSR count). The minimum Gasteiger partial charge on any atom is -0.465 e. The molecule has 0 radical (unpaired) electrons. The molecule has 0 bridgehead atoms. The lowest BCUT2D eigenvalue weighted by Gasteiger charge is -2.35. The maximum Gasteiger partial charge on any atom is 0.408 e. The molecule has 3 amide bonds. The average Bonchev–Trinajstić information content (AvgIpc) is 2.65. The molecule has 3 N–H and O–H groups in total. The molecule has 0 aliphatic carbocycles. The monoisotopic (exact) mass is 416 g/mol. The van der Waals surface area contributed by atoms with Crippen molar-refractivity contribution in [1.82, 2.24) is 15.5 Å². The molecule has 1 aromatic carbocycles. The highest BCUT2D eigenvalue weighted by atomic mass is 16.6. The fraction of sp³-hybridized carbons (Fsp3) is 0.524. The minimum absolute atomic E-state index is 0.182.